The Morgan fingerprint density at radius 3 is 2.72 bits per heavy atom. The van der Waals surface area contributed by atoms with E-state index in [1.54, 1.807) is 18.1 Å². The minimum absolute atomic E-state index is 0.0241. The summed E-state index contributed by atoms with van der Waals surface area (Å²) in [6, 6.07) is 8.79. The quantitative estimate of drug-likeness (QED) is 0.730. The van der Waals surface area contributed by atoms with E-state index in [1.165, 1.54) is 11.8 Å². The predicted octanol–water partition coefficient (Wildman–Crippen LogP) is 1.44. The first kappa shape index (κ1) is 19.8. The lowest BCUT2D eigenvalue weighted by molar-refractivity contribution is -0.114. The molecule has 0 unspecified atom stereocenters. The summed E-state index contributed by atoms with van der Waals surface area (Å²) in [6.07, 6.45) is 0. The fourth-order valence-electron chi connectivity index (χ4n) is 3.31. The van der Waals surface area contributed by atoms with Crippen molar-refractivity contribution >= 4 is 44.2 Å². The summed E-state index contributed by atoms with van der Waals surface area (Å²) in [6.45, 7) is 1.87. The Kier molecular flexibility index (Phi) is 5.26. The second kappa shape index (κ2) is 7.71. The number of anilines is 2. The lowest BCUT2D eigenvalue weighted by Crippen LogP contribution is -2.36. The highest BCUT2D eigenvalue weighted by atomic mass is 32.2. The molecule has 0 aliphatic carbocycles. The van der Waals surface area contributed by atoms with E-state index in [1.807, 2.05) is 31.2 Å². The standard InChI is InChI=1S/C18H21N5O4S2/c1-11-7-16(22-21-11)20-17(24)8-23(12-3-5-13(27-2)6-4-12)18-19-14-9-29(25,26)10-15(14)28-18/h3-7,14-15H,8-10H2,1-2H3,(H2,20,21,22,24)/t14-,15+/m1/s1. The number of methoxy groups -OCH3 is 1. The minimum atomic E-state index is -3.04. The number of carbonyl (C=O) groups is 1. The van der Waals surface area contributed by atoms with Crippen LogP contribution in [0.4, 0.5) is 11.5 Å². The van der Waals surface area contributed by atoms with Crippen molar-refractivity contribution in [2.24, 2.45) is 4.99 Å². The molecule has 0 saturated carbocycles. The van der Waals surface area contributed by atoms with Crippen molar-refractivity contribution < 1.29 is 17.9 Å². The van der Waals surface area contributed by atoms with Crippen LogP contribution in [0.2, 0.25) is 0 Å². The SMILES string of the molecule is COc1ccc(N(CC(=O)Nc2cc(C)[nH]n2)C2=N[C@@H]3CS(=O)(=O)C[C@@H]3S2)cc1. The first-order valence-electron chi connectivity index (χ1n) is 9.01. The number of sulfone groups is 1. The van der Waals surface area contributed by atoms with Gasteiger partial charge in [0.05, 0.1) is 24.7 Å². The minimum Gasteiger partial charge on any atom is -0.497 e. The highest BCUT2D eigenvalue weighted by molar-refractivity contribution is 8.15. The number of H-pyrrole nitrogens is 1. The van der Waals surface area contributed by atoms with Gasteiger partial charge in [0, 0.05) is 22.7 Å². The fraction of sp³-hybridized carbons (Fsp3) is 0.389. The number of nitrogens with zero attached hydrogens (tertiary/aromatic N) is 3. The Labute approximate surface area is 172 Å². The van der Waals surface area contributed by atoms with Crippen LogP contribution in [0.1, 0.15) is 5.69 Å². The number of carbonyl (C=O) groups excluding carboxylic acids is 1. The molecular weight excluding hydrogens is 414 g/mol. The lowest BCUT2D eigenvalue weighted by Gasteiger charge is -2.24. The summed E-state index contributed by atoms with van der Waals surface area (Å²) < 4.78 is 28.9. The van der Waals surface area contributed by atoms with E-state index in [0.717, 1.165) is 11.4 Å². The first-order chi connectivity index (χ1) is 13.8. The zero-order valence-electron chi connectivity index (χ0n) is 16.0. The number of aromatic amines is 1. The van der Waals surface area contributed by atoms with E-state index < -0.39 is 9.84 Å². The molecule has 1 saturated heterocycles. The van der Waals surface area contributed by atoms with E-state index in [9.17, 15) is 13.2 Å². The van der Waals surface area contributed by atoms with Gasteiger partial charge in [0.15, 0.2) is 20.8 Å². The molecule has 4 rings (SSSR count). The number of nitrogens with one attached hydrogen (secondary N) is 2. The van der Waals surface area contributed by atoms with E-state index in [2.05, 4.69) is 20.5 Å². The van der Waals surface area contributed by atoms with Gasteiger partial charge < -0.3 is 15.0 Å². The maximum absolute atomic E-state index is 12.6. The zero-order chi connectivity index (χ0) is 20.6. The summed E-state index contributed by atoms with van der Waals surface area (Å²) in [5.74, 6) is 1.08. The van der Waals surface area contributed by atoms with E-state index in [4.69, 9.17) is 4.74 Å². The fourth-order valence-corrected chi connectivity index (χ4v) is 7.09. The van der Waals surface area contributed by atoms with Gasteiger partial charge in [-0.15, -0.1) is 0 Å². The van der Waals surface area contributed by atoms with Crippen molar-refractivity contribution in [2.45, 2.75) is 18.2 Å². The van der Waals surface area contributed by atoms with Crippen LogP contribution in [-0.4, -0.2) is 66.1 Å². The van der Waals surface area contributed by atoms with Crippen molar-refractivity contribution in [1.82, 2.24) is 10.2 Å². The number of thioether (sulfide) groups is 1. The van der Waals surface area contributed by atoms with Crippen LogP contribution in [0.5, 0.6) is 5.75 Å². The van der Waals surface area contributed by atoms with Gasteiger partial charge >= 0.3 is 0 Å². The Balaban J connectivity index is 1.56. The highest BCUT2D eigenvalue weighted by Gasteiger charge is 2.44. The highest BCUT2D eigenvalue weighted by Crippen LogP contribution is 2.37. The van der Waals surface area contributed by atoms with Gasteiger partial charge in [-0.3, -0.25) is 14.9 Å². The largest absolute Gasteiger partial charge is 0.497 e. The molecule has 2 N–H and O–H groups in total. The number of hydrogen-bond donors (Lipinski definition) is 2. The van der Waals surface area contributed by atoms with Gasteiger partial charge in [-0.25, -0.2) is 8.42 Å². The molecule has 2 aliphatic rings. The Morgan fingerprint density at radius 1 is 1.34 bits per heavy atom. The van der Waals surface area contributed by atoms with Gasteiger partial charge in [-0.1, -0.05) is 11.8 Å². The number of rotatable bonds is 5. The number of aryl methyl sites for hydroxylation is 1. The summed E-state index contributed by atoms with van der Waals surface area (Å²) in [7, 11) is -1.46. The van der Waals surface area contributed by atoms with Crippen LogP contribution in [0.25, 0.3) is 0 Å². The molecule has 1 amide bonds. The maximum Gasteiger partial charge on any atom is 0.245 e. The summed E-state index contributed by atoms with van der Waals surface area (Å²) in [4.78, 5) is 19.1. The first-order valence-corrected chi connectivity index (χ1v) is 11.7. The number of aromatic nitrogens is 2. The van der Waals surface area contributed by atoms with Crippen LogP contribution >= 0.6 is 11.8 Å². The molecule has 2 atom stereocenters. The van der Waals surface area contributed by atoms with Crippen LogP contribution in [0.15, 0.2) is 35.3 Å². The number of ether oxygens (including phenoxy) is 1. The average Bonchev–Trinajstić information content (AvgIpc) is 3.32. The van der Waals surface area contributed by atoms with Crippen molar-refractivity contribution in [2.75, 3.05) is 35.4 Å². The normalized spacial score (nSPS) is 22.1. The van der Waals surface area contributed by atoms with Crippen molar-refractivity contribution in [3.63, 3.8) is 0 Å². The number of aliphatic imine (C=N–C) groups is 1. The third-order valence-corrected chi connectivity index (χ3v) is 7.94. The van der Waals surface area contributed by atoms with Gasteiger partial charge in [0.25, 0.3) is 0 Å². The van der Waals surface area contributed by atoms with Crippen molar-refractivity contribution in [3.05, 3.63) is 36.0 Å². The molecular formula is C18H21N5O4S2. The van der Waals surface area contributed by atoms with E-state index in [-0.39, 0.29) is 35.2 Å². The van der Waals surface area contributed by atoms with Gasteiger partial charge in [0.1, 0.15) is 12.3 Å². The molecule has 0 radical (unpaired) electrons. The number of amidine groups is 1. The average molecular weight is 436 g/mol. The summed E-state index contributed by atoms with van der Waals surface area (Å²) in [5.41, 5.74) is 1.62. The monoisotopic (exact) mass is 435 g/mol. The Hall–Kier alpha value is -2.53. The maximum atomic E-state index is 12.6. The van der Waals surface area contributed by atoms with Crippen molar-refractivity contribution in [1.29, 1.82) is 0 Å². The molecule has 29 heavy (non-hydrogen) atoms. The molecule has 1 aromatic heterocycles. The second-order valence-corrected chi connectivity index (χ2v) is 10.3. The molecule has 0 bridgehead atoms. The van der Waals surface area contributed by atoms with Crippen molar-refractivity contribution in [3.8, 4) is 5.75 Å². The molecule has 0 spiro atoms. The predicted molar refractivity (Wildman–Crippen MR) is 114 cm³/mol. The molecule has 9 nitrogen and oxygen atoms in total. The molecule has 154 valence electrons. The number of amides is 1. The second-order valence-electron chi connectivity index (χ2n) is 6.98. The van der Waals surface area contributed by atoms with Gasteiger partial charge in [0.2, 0.25) is 5.91 Å². The molecule has 11 heteroatoms. The molecule has 2 aliphatic heterocycles. The van der Waals surface area contributed by atoms with Crippen LogP contribution in [-0.2, 0) is 14.6 Å². The number of fused-ring (bicyclic) bond motifs is 1. The number of hydrogen-bond acceptors (Lipinski definition) is 8. The van der Waals surface area contributed by atoms with Gasteiger partial charge in [-0.2, -0.15) is 5.10 Å². The lowest BCUT2D eigenvalue weighted by atomic mass is 10.2. The Morgan fingerprint density at radius 2 is 2.10 bits per heavy atom. The third-order valence-electron chi connectivity index (χ3n) is 4.70. The molecule has 1 fully saturated rings. The molecule has 3 heterocycles. The topological polar surface area (TPSA) is 117 Å². The summed E-state index contributed by atoms with van der Waals surface area (Å²) in [5, 5.41) is 10.1. The van der Waals surface area contributed by atoms with E-state index in [0.29, 0.717) is 16.7 Å². The number of benzene rings is 1. The zero-order valence-corrected chi connectivity index (χ0v) is 17.6. The Bertz CT molecular complexity index is 1050. The van der Waals surface area contributed by atoms with Crippen LogP contribution in [0.3, 0.4) is 0 Å². The molecule has 2 aromatic rings. The molecule has 1 aromatic carbocycles. The van der Waals surface area contributed by atoms with Crippen LogP contribution in [0, 0.1) is 6.92 Å². The van der Waals surface area contributed by atoms with E-state index >= 15 is 0 Å². The van der Waals surface area contributed by atoms with Gasteiger partial charge in [-0.05, 0) is 31.2 Å². The van der Waals surface area contributed by atoms with Crippen LogP contribution < -0.4 is 15.0 Å². The summed E-state index contributed by atoms with van der Waals surface area (Å²) >= 11 is 1.41. The smallest absolute Gasteiger partial charge is 0.245 e. The third kappa shape index (κ3) is 4.40.